The maximum Gasteiger partial charge on any atom is 0.108 e. The molecule has 2 rings (SSSR count). The van der Waals surface area contributed by atoms with Gasteiger partial charge in [0.25, 0.3) is 0 Å². The van der Waals surface area contributed by atoms with E-state index in [4.69, 9.17) is 21.3 Å². The Morgan fingerprint density at radius 3 is 2.73 bits per heavy atom. The van der Waals surface area contributed by atoms with Crippen molar-refractivity contribution in [2.24, 2.45) is 22.8 Å². The highest BCUT2D eigenvalue weighted by atomic mass is 16.6. The highest BCUT2D eigenvalue weighted by Gasteiger charge is 2.54. The van der Waals surface area contributed by atoms with Gasteiger partial charge in [0, 0.05) is 12.0 Å². The molecule has 1 aliphatic heterocycles. The van der Waals surface area contributed by atoms with Crippen LogP contribution in [-0.4, -0.2) is 37.0 Å². The molecule has 1 saturated heterocycles. The molecule has 0 aromatic heterocycles. The summed E-state index contributed by atoms with van der Waals surface area (Å²) >= 11 is 0. The Morgan fingerprint density at radius 1 is 1.40 bits per heavy atom. The lowest BCUT2D eigenvalue weighted by Crippen LogP contribution is -2.43. The van der Waals surface area contributed by atoms with Crippen molar-refractivity contribution in [3.8, 4) is 0 Å². The highest BCUT2D eigenvalue weighted by molar-refractivity contribution is 5.03. The molecule has 2 fully saturated rings. The van der Waals surface area contributed by atoms with Crippen molar-refractivity contribution in [2.45, 2.75) is 37.9 Å². The number of hydrogen-bond acceptors (Lipinski definition) is 4. The molecule has 2 aliphatic rings. The molecule has 0 amide bonds. The fourth-order valence-corrected chi connectivity index (χ4v) is 3.10. The predicted octanol–water partition coefficient (Wildman–Crippen LogP) is -0.160. The van der Waals surface area contributed by atoms with Crippen LogP contribution >= 0.6 is 0 Å². The van der Waals surface area contributed by atoms with Crippen LogP contribution in [0.5, 0.6) is 0 Å². The minimum atomic E-state index is 0.0325. The third kappa shape index (κ3) is 2.04. The van der Waals surface area contributed by atoms with Crippen LogP contribution in [0, 0.1) is 11.3 Å². The molecule has 0 aromatic carbocycles. The summed E-state index contributed by atoms with van der Waals surface area (Å²) in [5.74, 6) is 0.589. The highest BCUT2D eigenvalue weighted by Crippen LogP contribution is 2.49. The number of epoxide rings is 1. The monoisotopic (exact) mass is 214 g/mol. The van der Waals surface area contributed by atoms with Gasteiger partial charge < -0.3 is 21.3 Å². The second kappa shape index (κ2) is 4.37. The van der Waals surface area contributed by atoms with Gasteiger partial charge in [-0.05, 0) is 31.7 Å². The maximum absolute atomic E-state index is 9.05. The Bertz CT molecular complexity index is 225. The van der Waals surface area contributed by atoms with Gasteiger partial charge in [0.15, 0.2) is 0 Å². The van der Waals surface area contributed by atoms with Crippen molar-refractivity contribution < 1.29 is 9.84 Å². The number of rotatable bonds is 4. The molecule has 4 unspecified atom stereocenters. The zero-order chi connectivity index (χ0) is 10.9. The normalized spacial score (nSPS) is 45.4. The van der Waals surface area contributed by atoms with E-state index in [1.54, 1.807) is 0 Å². The number of nitrogens with two attached hydrogens (primary N) is 2. The van der Waals surface area contributed by atoms with Crippen LogP contribution in [0.1, 0.15) is 25.7 Å². The van der Waals surface area contributed by atoms with E-state index in [1.807, 2.05) is 0 Å². The summed E-state index contributed by atoms with van der Waals surface area (Å²) < 4.78 is 5.52. The summed E-state index contributed by atoms with van der Waals surface area (Å²) in [4.78, 5) is 0. The molecule has 15 heavy (non-hydrogen) atoms. The van der Waals surface area contributed by atoms with Crippen molar-refractivity contribution in [2.75, 3.05) is 19.7 Å². The van der Waals surface area contributed by atoms with Crippen molar-refractivity contribution in [3.05, 3.63) is 0 Å². The fourth-order valence-electron chi connectivity index (χ4n) is 3.10. The van der Waals surface area contributed by atoms with Gasteiger partial charge in [-0.25, -0.2) is 0 Å². The van der Waals surface area contributed by atoms with Crippen molar-refractivity contribution in [1.29, 1.82) is 0 Å². The van der Waals surface area contributed by atoms with Gasteiger partial charge >= 0.3 is 0 Å². The third-order valence-electron chi connectivity index (χ3n) is 4.09. The minimum absolute atomic E-state index is 0.0325. The van der Waals surface area contributed by atoms with Crippen LogP contribution in [0.15, 0.2) is 0 Å². The summed E-state index contributed by atoms with van der Waals surface area (Å²) in [5, 5.41) is 9.05. The summed E-state index contributed by atoms with van der Waals surface area (Å²) in [5.41, 5.74) is 11.7. The molecule has 0 aromatic rings. The Labute approximate surface area is 91.0 Å². The van der Waals surface area contributed by atoms with E-state index in [1.165, 1.54) is 12.8 Å². The molecule has 0 radical (unpaired) electrons. The van der Waals surface area contributed by atoms with Crippen molar-refractivity contribution in [1.82, 2.24) is 0 Å². The van der Waals surface area contributed by atoms with Crippen LogP contribution in [0.4, 0.5) is 0 Å². The van der Waals surface area contributed by atoms with E-state index in [0.717, 1.165) is 19.4 Å². The van der Waals surface area contributed by atoms with Crippen LogP contribution in [0.25, 0.3) is 0 Å². The van der Waals surface area contributed by atoms with Gasteiger partial charge in [0.1, 0.15) is 6.10 Å². The number of aliphatic hydroxyl groups excluding tert-OH is 1. The zero-order valence-corrected chi connectivity index (χ0v) is 9.19. The molecule has 0 bridgehead atoms. The van der Waals surface area contributed by atoms with E-state index < -0.39 is 0 Å². The van der Waals surface area contributed by atoms with Crippen LogP contribution in [0.3, 0.4) is 0 Å². The topological polar surface area (TPSA) is 84.8 Å². The van der Waals surface area contributed by atoms with E-state index in [2.05, 4.69) is 0 Å². The fraction of sp³-hybridized carbons (Fsp3) is 1.00. The average Bonchev–Trinajstić information content (AvgIpc) is 3.08. The van der Waals surface area contributed by atoms with Gasteiger partial charge in [-0.15, -0.1) is 0 Å². The first kappa shape index (κ1) is 11.3. The van der Waals surface area contributed by atoms with E-state index in [9.17, 15) is 0 Å². The van der Waals surface area contributed by atoms with Crippen molar-refractivity contribution in [3.63, 3.8) is 0 Å². The molecule has 88 valence electrons. The molecular formula is C11H22N2O2. The molecule has 4 atom stereocenters. The molecule has 4 nitrogen and oxygen atoms in total. The second-order valence-electron chi connectivity index (χ2n) is 5.04. The van der Waals surface area contributed by atoms with Crippen LogP contribution in [-0.2, 0) is 4.74 Å². The number of hydrogen-bond donors (Lipinski definition) is 3. The molecule has 1 aliphatic carbocycles. The summed E-state index contributed by atoms with van der Waals surface area (Å²) in [6.07, 6.45) is 4.82. The minimum Gasteiger partial charge on any atom is -0.394 e. The summed E-state index contributed by atoms with van der Waals surface area (Å²) in [6, 6.07) is 0. The standard InChI is InChI=1S/C11H22N2O2/c12-5-8-2-1-3-11(4-8,7-13)10-9(6-14)15-10/h8-10,14H,1-7,12-13H2. The smallest absolute Gasteiger partial charge is 0.108 e. The Kier molecular flexibility index (Phi) is 3.30. The van der Waals surface area contributed by atoms with Crippen LogP contribution in [0.2, 0.25) is 0 Å². The Balaban J connectivity index is 2.01. The first-order valence-electron chi connectivity index (χ1n) is 5.92. The lowest BCUT2D eigenvalue weighted by molar-refractivity contribution is 0.106. The van der Waals surface area contributed by atoms with Gasteiger partial charge in [-0.2, -0.15) is 0 Å². The molecule has 1 saturated carbocycles. The predicted molar refractivity (Wildman–Crippen MR) is 58.2 cm³/mol. The van der Waals surface area contributed by atoms with E-state index >= 15 is 0 Å². The first-order valence-corrected chi connectivity index (χ1v) is 5.92. The summed E-state index contributed by atoms with van der Waals surface area (Å²) in [6.45, 7) is 1.53. The molecule has 0 spiro atoms. The van der Waals surface area contributed by atoms with Gasteiger partial charge in [-0.3, -0.25) is 0 Å². The number of ether oxygens (including phenoxy) is 1. The van der Waals surface area contributed by atoms with Gasteiger partial charge in [0.05, 0.1) is 12.7 Å². The molecular weight excluding hydrogens is 192 g/mol. The average molecular weight is 214 g/mol. The lowest BCUT2D eigenvalue weighted by Gasteiger charge is -2.39. The first-order chi connectivity index (χ1) is 7.25. The SMILES string of the molecule is NCC1CCCC(CN)(C2OC2CO)C1. The quantitative estimate of drug-likeness (QED) is 0.568. The summed E-state index contributed by atoms with van der Waals surface area (Å²) in [7, 11) is 0. The van der Waals surface area contributed by atoms with Crippen LogP contribution < -0.4 is 11.5 Å². The maximum atomic E-state index is 9.05. The molecule has 1 heterocycles. The third-order valence-corrected chi connectivity index (χ3v) is 4.09. The van der Waals surface area contributed by atoms with Gasteiger partial charge in [0.2, 0.25) is 0 Å². The van der Waals surface area contributed by atoms with E-state index in [0.29, 0.717) is 12.5 Å². The Morgan fingerprint density at radius 2 is 2.20 bits per heavy atom. The number of aliphatic hydroxyl groups is 1. The second-order valence-corrected chi connectivity index (χ2v) is 5.04. The zero-order valence-electron chi connectivity index (χ0n) is 9.19. The Hall–Kier alpha value is -0.160. The van der Waals surface area contributed by atoms with Crippen molar-refractivity contribution >= 4 is 0 Å². The molecule has 5 N–H and O–H groups in total. The van der Waals surface area contributed by atoms with Gasteiger partial charge in [-0.1, -0.05) is 6.42 Å². The lowest BCUT2D eigenvalue weighted by atomic mass is 9.67. The largest absolute Gasteiger partial charge is 0.394 e. The van der Waals surface area contributed by atoms with E-state index in [-0.39, 0.29) is 24.2 Å². The molecule has 4 heteroatoms.